The van der Waals surface area contributed by atoms with Gasteiger partial charge in [-0.25, -0.2) is 0 Å². The van der Waals surface area contributed by atoms with Gasteiger partial charge in [0.15, 0.2) is 0 Å². The zero-order valence-electron chi connectivity index (χ0n) is 10.4. The van der Waals surface area contributed by atoms with Crippen molar-refractivity contribution in [2.45, 2.75) is 13.3 Å². The maximum Gasteiger partial charge on any atom is 0.224 e. The van der Waals surface area contributed by atoms with Crippen molar-refractivity contribution in [3.63, 3.8) is 0 Å². The third-order valence-electron chi connectivity index (χ3n) is 2.44. The van der Waals surface area contributed by atoms with E-state index < -0.39 is 0 Å². The number of carbonyl (C=O) groups excluding carboxylic acids is 1. The molecule has 0 fully saturated rings. The smallest absolute Gasteiger partial charge is 0.224 e. The van der Waals surface area contributed by atoms with Gasteiger partial charge >= 0.3 is 0 Å². The molecular weight excluding hydrogens is 216 g/mol. The van der Waals surface area contributed by atoms with Crippen molar-refractivity contribution >= 4 is 11.6 Å². The quantitative estimate of drug-likeness (QED) is 0.730. The van der Waals surface area contributed by atoms with Gasteiger partial charge in [0.1, 0.15) is 0 Å². The summed E-state index contributed by atoms with van der Waals surface area (Å²) in [5.41, 5.74) is 7.25. The molecular formula is C13H20N2O2. The van der Waals surface area contributed by atoms with Gasteiger partial charge in [-0.15, -0.1) is 0 Å². The van der Waals surface area contributed by atoms with Gasteiger partial charge in [-0.1, -0.05) is 19.1 Å². The number of methoxy groups -OCH3 is 1. The predicted octanol–water partition coefficient (Wildman–Crippen LogP) is 1.21. The van der Waals surface area contributed by atoms with Gasteiger partial charge in [-0.05, 0) is 23.6 Å². The number of nitrogens with two attached hydrogens (primary N) is 1. The molecule has 0 heterocycles. The second-order valence-electron chi connectivity index (χ2n) is 4.28. The van der Waals surface area contributed by atoms with E-state index in [4.69, 9.17) is 10.5 Å². The van der Waals surface area contributed by atoms with E-state index in [9.17, 15) is 4.79 Å². The fourth-order valence-electron chi connectivity index (χ4n) is 1.51. The number of carbonyl (C=O) groups is 1. The Bertz CT molecular complexity index is 349. The maximum atomic E-state index is 11.6. The van der Waals surface area contributed by atoms with Crippen molar-refractivity contribution in [3.8, 4) is 0 Å². The first kappa shape index (κ1) is 13.5. The number of amides is 1. The Hall–Kier alpha value is -1.55. The minimum Gasteiger partial charge on any atom is -0.399 e. The first-order valence-electron chi connectivity index (χ1n) is 5.72. The molecule has 1 aromatic carbocycles. The molecule has 0 saturated carbocycles. The highest BCUT2D eigenvalue weighted by Crippen LogP contribution is 2.06. The molecule has 1 unspecified atom stereocenters. The Morgan fingerprint density at radius 1 is 1.41 bits per heavy atom. The van der Waals surface area contributed by atoms with Crippen LogP contribution in [-0.4, -0.2) is 26.2 Å². The molecule has 17 heavy (non-hydrogen) atoms. The second kappa shape index (κ2) is 6.91. The zero-order valence-corrected chi connectivity index (χ0v) is 10.4. The molecule has 1 rings (SSSR count). The summed E-state index contributed by atoms with van der Waals surface area (Å²) in [4.78, 5) is 11.6. The van der Waals surface area contributed by atoms with Gasteiger partial charge in [0.05, 0.1) is 13.0 Å². The van der Waals surface area contributed by atoms with Crippen LogP contribution < -0.4 is 11.1 Å². The minimum absolute atomic E-state index is 0.0257. The summed E-state index contributed by atoms with van der Waals surface area (Å²) in [6.45, 7) is 3.33. The fourth-order valence-corrected chi connectivity index (χ4v) is 1.51. The summed E-state index contributed by atoms with van der Waals surface area (Å²) in [5, 5.41) is 2.88. The number of hydrogen-bond acceptors (Lipinski definition) is 3. The SMILES string of the molecule is COCC(C)CNC(=O)Cc1ccc(N)cc1. The standard InChI is InChI=1S/C13H20N2O2/c1-10(9-17-2)8-15-13(16)7-11-3-5-12(14)6-4-11/h3-6,10H,7-9,14H2,1-2H3,(H,15,16). The lowest BCUT2D eigenvalue weighted by Gasteiger charge is -2.11. The summed E-state index contributed by atoms with van der Waals surface area (Å²) in [6, 6.07) is 7.34. The van der Waals surface area contributed by atoms with Crippen LogP contribution in [0.3, 0.4) is 0 Å². The molecule has 4 heteroatoms. The van der Waals surface area contributed by atoms with Gasteiger partial charge in [0, 0.05) is 19.3 Å². The normalized spacial score (nSPS) is 12.1. The van der Waals surface area contributed by atoms with E-state index in [1.54, 1.807) is 19.2 Å². The highest BCUT2D eigenvalue weighted by molar-refractivity contribution is 5.78. The van der Waals surface area contributed by atoms with Crippen LogP contribution in [-0.2, 0) is 16.0 Å². The zero-order chi connectivity index (χ0) is 12.7. The molecule has 3 N–H and O–H groups in total. The molecule has 0 aromatic heterocycles. The molecule has 1 aromatic rings. The van der Waals surface area contributed by atoms with Crippen molar-refractivity contribution in [2.24, 2.45) is 5.92 Å². The summed E-state index contributed by atoms with van der Waals surface area (Å²) in [5.74, 6) is 0.355. The van der Waals surface area contributed by atoms with E-state index in [0.29, 0.717) is 31.2 Å². The number of hydrogen-bond donors (Lipinski definition) is 2. The van der Waals surface area contributed by atoms with Crippen LogP contribution in [0.25, 0.3) is 0 Å². The highest BCUT2D eigenvalue weighted by Gasteiger charge is 2.06. The largest absolute Gasteiger partial charge is 0.399 e. The first-order chi connectivity index (χ1) is 8.11. The summed E-state index contributed by atoms with van der Waals surface area (Å²) >= 11 is 0. The Balaban J connectivity index is 2.32. The highest BCUT2D eigenvalue weighted by atomic mass is 16.5. The van der Waals surface area contributed by atoms with Crippen LogP contribution in [0.1, 0.15) is 12.5 Å². The molecule has 0 radical (unpaired) electrons. The van der Waals surface area contributed by atoms with Gasteiger partial charge in [-0.3, -0.25) is 4.79 Å². The number of nitrogens with one attached hydrogen (secondary N) is 1. The Labute approximate surface area is 102 Å². The first-order valence-corrected chi connectivity index (χ1v) is 5.72. The van der Waals surface area contributed by atoms with Crippen molar-refractivity contribution < 1.29 is 9.53 Å². The molecule has 4 nitrogen and oxygen atoms in total. The van der Waals surface area contributed by atoms with Crippen LogP contribution in [0, 0.1) is 5.92 Å². The van der Waals surface area contributed by atoms with E-state index in [-0.39, 0.29) is 5.91 Å². The lowest BCUT2D eigenvalue weighted by atomic mass is 10.1. The third kappa shape index (κ3) is 5.36. The van der Waals surface area contributed by atoms with E-state index in [1.807, 2.05) is 19.1 Å². The van der Waals surface area contributed by atoms with E-state index in [0.717, 1.165) is 5.56 Å². The van der Waals surface area contributed by atoms with Gasteiger partial charge in [-0.2, -0.15) is 0 Å². The van der Waals surface area contributed by atoms with E-state index in [2.05, 4.69) is 5.32 Å². The van der Waals surface area contributed by atoms with Gasteiger partial charge in [0.25, 0.3) is 0 Å². The van der Waals surface area contributed by atoms with Crippen molar-refractivity contribution in [3.05, 3.63) is 29.8 Å². The summed E-state index contributed by atoms with van der Waals surface area (Å²) in [6.07, 6.45) is 0.389. The topological polar surface area (TPSA) is 64.3 Å². The van der Waals surface area contributed by atoms with Crippen molar-refractivity contribution in [1.29, 1.82) is 0 Å². The van der Waals surface area contributed by atoms with Crippen LogP contribution in [0.2, 0.25) is 0 Å². The van der Waals surface area contributed by atoms with E-state index >= 15 is 0 Å². The molecule has 0 bridgehead atoms. The molecule has 0 spiro atoms. The molecule has 0 aliphatic heterocycles. The molecule has 94 valence electrons. The van der Waals surface area contributed by atoms with Crippen LogP contribution >= 0.6 is 0 Å². The van der Waals surface area contributed by atoms with E-state index in [1.165, 1.54) is 0 Å². The average molecular weight is 236 g/mol. The summed E-state index contributed by atoms with van der Waals surface area (Å²) in [7, 11) is 1.66. The van der Waals surface area contributed by atoms with Crippen molar-refractivity contribution in [1.82, 2.24) is 5.32 Å². The lowest BCUT2D eigenvalue weighted by Crippen LogP contribution is -2.31. The fraction of sp³-hybridized carbons (Fsp3) is 0.462. The Kier molecular flexibility index (Phi) is 5.49. The van der Waals surface area contributed by atoms with Crippen LogP contribution in [0.15, 0.2) is 24.3 Å². The second-order valence-corrected chi connectivity index (χ2v) is 4.28. The van der Waals surface area contributed by atoms with Crippen LogP contribution in [0.4, 0.5) is 5.69 Å². The predicted molar refractivity (Wildman–Crippen MR) is 68.6 cm³/mol. The Morgan fingerprint density at radius 3 is 2.65 bits per heavy atom. The molecule has 1 atom stereocenters. The van der Waals surface area contributed by atoms with Crippen molar-refractivity contribution in [2.75, 3.05) is 26.0 Å². The third-order valence-corrected chi connectivity index (χ3v) is 2.44. The van der Waals surface area contributed by atoms with Gasteiger partial charge < -0.3 is 15.8 Å². The average Bonchev–Trinajstić information content (AvgIpc) is 2.30. The number of ether oxygens (including phenoxy) is 1. The van der Waals surface area contributed by atoms with Gasteiger partial charge in [0.2, 0.25) is 5.91 Å². The number of benzene rings is 1. The molecule has 0 aliphatic rings. The number of anilines is 1. The Morgan fingerprint density at radius 2 is 2.06 bits per heavy atom. The minimum atomic E-state index is 0.0257. The monoisotopic (exact) mass is 236 g/mol. The maximum absolute atomic E-state index is 11.6. The number of rotatable bonds is 6. The molecule has 0 saturated heterocycles. The number of nitrogen functional groups attached to an aromatic ring is 1. The van der Waals surface area contributed by atoms with Crippen LogP contribution in [0.5, 0.6) is 0 Å². The molecule has 1 amide bonds. The summed E-state index contributed by atoms with van der Waals surface area (Å²) < 4.78 is 5.00. The lowest BCUT2D eigenvalue weighted by molar-refractivity contribution is -0.120. The molecule has 0 aliphatic carbocycles.